The lowest BCUT2D eigenvalue weighted by molar-refractivity contribution is 0.237. The van der Waals surface area contributed by atoms with Crippen LogP contribution in [0.2, 0.25) is 0 Å². The molecule has 2 aromatic carbocycles. The number of ether oxygens (including phenoxy) is 2. The zero-order chi connectivity index (χ0) is 27.9. The summed E-state index contributed by atoms with van der Waals surface area (Å²) < 4.78 is 11.7. The van der Waals surface area contributed by atoms with Gasteiger partial charge in [0.2, 0.25) is 5.95 Å². The van der Waals surface area contributed by atoms with E-state index in [1.807, 2.05) is 37.5 Å². The van der Waals surface area contributed by atoms with Crippen molar-refractivity contribution >= 4 is 22.9 Å². The minimum atomic E-state index is 0.121. The van der Waals surface area contributed by atoms with Crippen LogP contribution in [0.5, 0.6) is 11.5 Å². The summed E-state index contributed by atoms with van der Waals surface area (Å²) in [6.45, 7) is 6.11. The molecule has 0 amide bonds. The average molecular weight is 541 g/mol. The largest absolute Gasteiger partial charge is 0.494 e. The zero-order valence-electron chi connectivity index (χ0n) is 23.8. The first kappa shape index (κ1) is 27.6. The number of benzene rings is 2. The van der Waals surface area contributed by atoms with E-state index in [0.29, 0.717) is 18.3 Å². The highest BCUT2D eigenvalue weighted by Crippen LogP contribution is 2.36. The van der Waals surface area contributed by atoms with Crippen LogP contribution in [0.25, 0.3) is 5.57 Å². The number of hydrogen-bond acceptors (Lipinski definition) is 8. The van der Waals surface area contributed by atoms with Crippen LogP contribution in [-0.2, 0) is 6.42 Å². The second kappa shape index (κ2) is 13.0. The van der Waals surface area contributed by atoms with Crippen LogP contribution in [0.1, 0.15) is 55.3 Å². The minimum Gasteiger partial charge on any atom is -0.494 e. The topological polar surface area (TPSA) is 97.9 Å². The lowest BCUT2D eigenvalue weighted by Crippen LogP contribution is -2.25. The van der Waals surface area contributed by atoms with Gasteiger partial charge in [0.1, 0.15) is 18.1 Å². The van der Waals surface area contributed by atoms with E-state index in [2.05, 4.69) is 46.4 Å². The highest BCUT2D eigenvalue weighted by Gasteiger charge is 2.28. The van der Waals surface area contributed by atoms with Gasteiger partial charge in [-0.1, -0.05) is 37.3 Å². The molecule has 1 saturated heterocycles. The molecule has 40 heavy (non-hydrogen) atoms. The van der Waals surface area contributed by atoms with Crippen LogP contribution < -0.4 is 20.5 Å². The Morgan fingerprint density at radius 3 is 2.65 bits per heavy atom. The van der Waals surface area contributed by atoms with E-state index in [1.54, 1.807) is 7.11 Å². The molecule has 2 heterocycles. The molecule has 3 N–H and O–H groups in total. The Labute approximate surface area is 237 Å². The van der Waals surface area contributed by atoms with Crippen LogP contribution in [0.4, 0.5) is 11.6 Å². The molecule has 5 rings (SSSR count). The maximum atomic E-state index is 6.67. The molecule has 0 radical (unpaired) electrons. The molecule has 0 saturated carbocycles. The van der Waals surface area contributed by atoms with Crippen LogP contribution in [0, 0.1) is 0 Å². The first-order valence-electron chi connectivity index (χ1n) is 14.3. The highest BCUT2D eigenvalue weighted by atomic mass is 16.5. The van der Waals surface area contributed by atoms with E-state index in [9.17, 15) is 0 Å². The molecule has 210 valence electrons. The molecular weight excluding hydrogens is 500 g/mol. The van der Waals surface area contributed by atoms with Gasteiger partial charge in [-0.2, -0.15) is 0 Å². The van der Waals surface area contributed by atoms with Gasteiger partial charge in [-0.15, -0.1) is 0 Å². The first-order chi connectivity index (χ1) is 19.6. The Kier molecular flexibility index (Phi) is 8.96. The molecule has 8 nitrogen and oxygen atoms in total. The van der Waals surface area contributed by atoms with Gasteiger partial charge in [0.25, 0.3) is 0 Å². The number of fused-ring (bicyclic) bond motifs is 1. The average Bonchev–Trinajstić information content (AvgIpc) is 3.51. The van der Waals surface area contributed by atoms with Gasteiger partial charge in [0.05, 0.1) is 24.2 Å². The number of methoxy groups -OCH3 is 1. The number of aliphatic imine (C=N–C) groups is 1. The van der Waals surface area contributed by atoms with Gasteiger partial charge in [-0.3, -0.25) is 9.89 Å². The summed E-state index contributed by atoms with van der Waals surface area (Å²) in [6, 6.07) is 16.3. The number of nitrogens with two attached hydrogens (primary N) is 1. The van der Waals surface area contributed by atoms with Gasteiger partial charge in [0, 0.05) is 43.0 Å². The number of aryl methyl sites for hydroxylation is 1. The molecule has 2 aliphatic rings. The highest BCUT2D eigenvalue weighted by molar-refractivity contribution is 6.27. The number of hydrogen-bond donors (Lipinski definition) is 2. The Balaban J connectivity index is 1.38. The number of rotatable bonds is 11. The van der Waals surface area contributed by atoms with Crippen molar-refractivity contribution in [3.63, 3.8) is 0 Å². The van der Waals surface area contributed by atoms with Crippen molar-refractivity contribution in [3.05, 3.63) is 77.2 Å². The van der Waals surface area contributed by atoms with Gasteiger partial charge in [-0.05, 0) is 68.5 Å². The van der Waals surface area contributed by atoms with Crippen molar-refractivity contribution in [1.29, 1.82) is 0 Å². The number of nitrogens with one attached hydrogen (secondary N) is 1. The fourth-order valence-corrected chi connectivity index (χ4v) is 5.70. The molecule has 1 aliphatic heterocycles. The number of likely N-dealkylation sites (tertiary alicyclic amines) is 1. The predicted molar refractivity (Wildman–Crippen MR) is 162 cm³/mol. The van der Waals surface area contributed by atoms with E-state index in [1.165, 1.54) is 18.4 Å². The quantitative estimate of drug-likeness (QED) is 0.306. The fraction of sp³-hybridized carbons (Fsp3) is 0.406. The summed E-state index contributed by atoms with van der Waals surface area (Å²) >= 11 is 0. The molecule has 3 aromatic rings. The summed E-state index contributed by atoms with van der Waals surface area (Å²) in [4.78, 5) is 16.8. The van der Waals surface area contributed by atoms with Crippen molar-refractivity contribution in [2.75, 3.05) is 45.7 Å². The molecule has 0 bridgehead atoms. The smallest absolute Gasteiger partial charge is 0.227 e. The van der Waals surface area contributed by atoms with Crippen molar-refractivity contribution in [2.24, 2.45) is 10.7 Å². The van der Waals surface area contributed by atoms with E-state index in [4.69, 9.17) is 25.2 Å². The van der Waals surface area contributed by atoms with Crippen molar-refractivity contribution in [1.82, 2.24) is 14.9 Å². The van der Waals surface area contributed by atoms with E-state index >= 15 is 0 Å². The summed E-state index contributed by atoms with van der Waals surface area (Å²) in [5.74, 6) is 2.05. The Bertz CT molecular complexity index is 1370. The Hall–Kier alpha value is -3.91. The summed E-state index contributed by atoms with van der Waals surface area (Å²) in [6.07, 6.45) is 6.93. The second-order valence-corrected chi connectivity index (χ2v) is 10.3. The third-order valence-corrected chi connectivity index (χ3v) is 7.82. The van der Waals surface area contributed by atoms with Crippen LogP contribution in [-0.4, -0.2) is 61.0 Å². The Morgan fingerprint density at radius 1 is 1.12 bits per heavy atom. The number of aromatic nitrogens is 2. The van der Waals surface area contributed by atoms with Gasteiger partial charge in [-0.25, -0.2) is 9.97 Å². The molecule has 1 aliphatic carbocycles. The normalized spacial score (nSPS) is 16.5. The van der Waals surface area contributed by atoms with E-state index < -0.39 is 0 Å². The molecule has 1 unspecified atom stereocenters. The maximum absolute atomic E-state index is 6.67. The first-order valence-corrected chi connectivity index (χ1v) is 14.3. The second-order valence-electron chi connectivity index (χ2n) is 10.3. The molecule has 1 aromatic heterocycles. The van der Waals surface area contributed by atoms with Crippen molar-refractivity contribution in [2.45, 2.75) is 44.9 Å². The lowest BCUT2D eigenvalue weighted by Gasteiger charge is -2.26. The van der Waals surface area contributed by atoms with Crippen molar-refractivity contribution < 1.29 is 9.47 Å². The SMILES string of the molecule is CCC(C(=NC)C1=C(N)CCc2cnc(Nc3ccc(OCCN4CCCC4)cc3OC)nc21)c1ccccc1. The number of allylic oxidation sites excluding steroid dienone is 2. The van der Waals surface area contributed by atoms with Crippen LogP contribution in [0.3, 0.4) is 0 Å². The summed E-state index contributed by atoms with van der Waals surface area (Å²) in [5, 5.41) is 3.35. The van der Waals surface area contributed by atoms with E-state index in [0.717, 1.165) is 78.6 Å². The third kappa shape index (κ3) is 6.12. The molecule has 8 heteroatoms. The number of nitrogens with zero attached hydrogens (tertiary/aromatic N) is 4. The Morgan fingerprint density at radius 2 is 1.93 bits per heavy atom. The molecule has 1 fully saturated rings. The summed E-state index contributed by atoms with van der Waals surface area (Å²) in [7, 11) is 3.50. The van der Waals surface area contributed by atoms with Crippen LogP contribution in [0.15, 0.2) is 65.4 Å². The lowest BCUT2D eigenvalue weighted by atomic mass is 9.82. The van der Waals surface area contributed by atoms with Gasteiger partial charge in [0.15, 0.2) is 0 Å². The molecular formula is C32H40N6O2. The van der Waals surface area contributed by atoms with E-state index in [-0.39, 0.29) is 5.92 Å². The molecule has 0 spiro atoms. The minimum absolute atomic E-state index is 0.121. The summed E-state index contributed by atoms with van der Waals surface area (Å²) in [5.41, 5.74) is 13.3. The zero-order valence-corrected chi connectivity index (χ0v) is 23.8. The monoisotopic (exact) mass is 540 g/mol. The van der Waals surface area contributed by atoms with Crippen LogP contribution >= 0.6 is 0 Å². The van der Waals surface area contributed by atoms with Gasteiger partial charge < -0.3 is 20.5 Å². The predicted octanol–water partition coefficient (Wildman–Crippen LogP) is 5.58. The third-order valence-electron chi connectivity index (χ3n) is 7.82. The van der Waals surface area contributed by atoms with Gasteiger partial charge >= 0.3 is 0 Å². The van der Waals surface area contributed by atoms with Crippen molar-refractivity contribution in [3.8, 4) is 11.5 Å². The molecule has 1 atom stereocenters. The maximum Gasteiger partial charge on any atom is 0.227 e. The standard InChI is InChI=1S/C32H40N6O2/c1-4-25(22-10-6-5-7-11-22)31(34-2)29-26(33)14-12-23-21-35-32(37-30(23)29)36-27-15-13-24(20-28(27)39-3)40-19-18-38-16-8-9-17-38/h5-7,10-11,13,15,20-21,25H,4,8-9,12,14,16-19,33H2,1-3H3,(H,35,36,37). The number of anilines is 2. The fourth-order valence-electron chi connectivity index (χ4n) is 5.70.